The van der Waals surface area contributed by atoms with Crippen molar-refractivity contribution in [2.75, 3.05) is 6.54 Å². The first-order valence-corrected chi connectivity index (χ1v) is 7.78. The minimum atomic E-state index is -2.55. The van der Waals surface area contributed by atoms with Crippen LogP contribution in [0.3, 0.4) is 0 Å². The number of nitrogens with one attached hydrogen (secondary N) is 1. The van der Waals surface area contributed by atoms with Crippen molar-refractivity contribution in [2.24, 2.45) is 5.92 Å². The number of hydrogen-bond acceptors (Lipinski definition) is 1. The number of alkyl halides is 2. The second-order valence-corrected chi connectivity index (χ2v) is 6.31. The van der Waals surface area contributed by atoms with Crippen molar-refractivity contribution in [3.63, 3.8) is 0 Å². The van der Waals surface area contributed by atoms with E-state index in [9.17, 15) is 13.2 Å². The van der Waals surface area contributed by atoms with Crippen LogP contribution < -0.4 is 5.32 Å². The first-order valence-electron chi connectivity index (χ1n) is 6.99. The summed E-state index contributed by atoms with van der Waals surface area (Å²) in [5, 5.41) is 3.26. The molecule has 0 radical (unpaired) electrons. The highest BCUT2D eigenvalue weighted by molar-refractivity contribution is 9.10. The van der Waals surface area contributed by atoms with Gasteiger partial charge in [-0.05, 0) is 43.5 Å². The molecule has 1 saturated carbocycles. The molecule has 0 aliphatic heterocycles. The molecule has 0 spiro atoms. The van der Waals surface area contributed by atoms with E-state index in [1.54, 1.807) is 12.1 Å². The van der Waals surface area contributed by atoms with Crippen molar-refractivity contribution in [1.29, 1.82) is 0 Å². The molecule has 1 N–H and O–H groups in total. The SMILES string of the molecule is CCNC(c1cc(Br)ccc1F)C1CCC(F)(F)CC1. The van der Waals surface area contributed by atoms with E-state index < -0.39 is 5.92 Å². The van der Waals surface area contributed by atoms with Crippen LogP contribution in [0.25, 0.3) is 0 Å². The van der Waals surface area contributed by atoms with Gasteiger partial charge in [0.15, 0.2) is 0 Å². The first kappa shape index (κ1) is 15.8. The lowest BCUT2D eigenvalue weighted by Gasteiger charge is -2.34. The van der Waals surface area contributed by atoms with E-state index in [2.05, 4.69) is 21.2 Å². The lowest BCUT2D eigenvalue weighted by atomic mass is 9.79. The second kappa shape index (κ2) is 6.48. The van der Waals surface area contributed by atoms with Crippen LogP contribution in [0.4, 0.5) is 13.2 Å². The van der Waals surface area contributed by atoms with Crippen LogP contribution in [0.1, 0.15) is 44.2 Å². The Morgan fingerprint density at radius 1 is 1.35 bits per heavy atom. The summed E-state index contributed by atoms with van der Waals surface area (Å²) in [6.07, 6.45) is 0.650. The third-order valence-corrected chi connectivity index (χ3v) is 4.44. The van der Waals surface area contributed by atoms with E-state index in [0.717, 1.165) is 4.47 Å². The predicted molar refractivity (Wildman–Crippen MR) is 77.4 cm³/mol. The van der Waals surface area contributed by atoms with Gasteiger partial charge < -0.3 is 5.32 Å². The van der Waals surface area contributed by atoms with Crippen LogP contribution >= 0.6 is 15.9 Å². The summed E-state index contributed by atoms with van der Waals surface area (Å²) >= 11 is 3.34. The Kier molecular flexibility index (Phi) is 5.13. The van der Waals surface area contributed by atoms with Crippen LogP contribution in [0.2, 0.25) is 0 Å². The summed E-state index contributed by atoms with van der Waals surface area (Å²) in [6.45, 7) is 2.63. The van der Waals surface area contributed by atoms with E-state index in [1.165, 1.54) is 6.07 Å². The van der Waals surface area contributed by atoms with Crippen molar-refractivity contribution in [3.05, 3.63) is 34.1 Å². The Morgan fingerprint density at radius 3 is 2.60 bits per heavy atom. The molecule has 1 aromatic carbocycles. The predicted octanol–water partition coefficient (Wildman–Crippen LogP) is 5.06. The zero-order chi connectivity index (χ0) is 14.8. The van der Waals surface area contributed by atoms with Crippen molar-refractivity contribution in [1.82, 2.24) is 5.32 Å². The van der Waals surface area contributed by atoms with Gasteiger partial charge in [-0.2, -0.15) is 0 Å². The molecule has 5 heteroatoms. The van der Waals surface area contributed by atoms with Crippen molar-refractivity contribution >= 4 is 15.9 Å². The zero-order valence-corrected chi connectivity index (χ0v) is 13.0. The van der Waals surface area contributed by atoms with Gasteiger partial charge in [-0.15, -0.1) is 0 Å². The number of halogens is 4. The smallest absolute Gasteiger partial charge is 0.248 e. The molecular formula is C15H19BrF3N. The van der Waals surface area contributed by atoms with Gasteiger partial charge >= 0.3 is 0 Å². The second-order valence-electron chi connectivity index (χ2n) is 5.39. The van der Waals surface area contributed by atoms with Crippen molar-refractivity contribution < 1.29 is 13.2 Å². The molecular weight excluding hydrogens is 331 g/mol. The fourth-order valence-electron chi connectivity index (χ4n) is 2.90. The molecule has 0 amide bonds. The average molecular weight is 350 g/mol. The van der Waals surface area contributed by atoms with Crippen molar-refractivity contribution in [2.45, 2.75) is 44.6 Å². The largest absolute Gasteiger partial charge is 0.310 e. The summed E-state index contributed by atoms with van der Waals surface area (Å²) in [5.41, 5.74) is 0.566. The monoisotopic (exact) mass is 349 g/mol. The van der Waals surface area contributed by atoms with Gasteiger partial charge in [0.05, 0.1) is 0 Å². The molecule has 0 bridgehead atoms. The Labute approximate surface area is 126 Å². The van der Waals surface area contributed by atoms with Crippen LogP contribution in [-0.4, -0.2) is 12.5 Å². The minimum Gasteiger partial charge on any atom is -0.310 e. The zero-order valence-electron chi connectivity index (χ0n) is 11.4. The van der Waals surface area contributed by atoms with Gasteiger partial charge in [0.1, 0.15) is 5.82 Å². The normalized spacial score (nSPS) is 20.9. The average Bonchev–Trinajstić information content (AvgIpc) is 2.40. The van der Waals surface area contributed by atoms with Crippen LogP contribution in [0, 0.1) is 11.7 Å². The van der Waals surface area contributed by atoms with Crippen LogP contribution in [-0.2, 0) is 0 Å². The highest BCUT2D eigenvalue weighted by Crippen LogP contribution is 2.42. The maximum atomic E-state index is 14.0. The topological polar surface area (TPSA) is 12.0 Å². The van der Waals surface area contributed by atoms with E-state index >= 15 is 0 Å². The summed E-state index contributed by atoms with van der Waals surface area (Å²) < 4.78 is 41.4. The van der Waals surface area contributed by atoms with Crippen LogP contribution in [0.15, 0.2) is 22.7 Å². The Bertz CT molecular complexity index is 454. The van der Waals surface area contributed by atoms with Gasteiger partial charge in [0.25, 0.3) is 0 Å². The molecule has 1 fully saturated rings. The maximum absolute atomic E-state index is 14.0. The molecule has 1 aromatic rings. The molecule has 0 aromatic heterocycles. The molecule has 0 heterocycles. The molecule has 2 rings (SSSR count). The third kappa shape index (κ3) is 3.76. The lowest BCUT2D eigenvalue weighted by molar-refractivity contribution is -0.0498. The van der Waals surface area contributed by atoms with E-state index in [0.29, 0.717) is 24.9 Å². The van der Waals surface area contributed by atoms with Gasteiger partial charge in [0.2, 0.25) is 5.92 Å². The van der Waals surface area contributed by atoms with Gasteiger partial charge in [-0.3, -0.25) is 0 Å². The molecule has 1 aliphatic rings. The summed E-state index contributed by atoms with van der Waals surface area (Å²) in [4.78, 5) is 0. The number of rotatable bonds is 4. The molecule has 1 aliphatic carbocycles. The third-order valence-electron chi connectivity index (χ3n) is 3.95. The molecule has 0 saturated heterocycles. The van der Waals surface area contributed by atoms with E-state index in [4.69, 9.17) is 0 Å². The summed E-state index contributed by atoms with van der Waals surface area (Å²) in [5.74, 6) is -2.78. The summed E-state index contributed by atoms with van der Waals surface area (Å²) in [6, 6.07) is 4.61. The maximum Gasteiger partial charge on any atom is 0.248 e. The Hall–Kier alpha value is -0.550. The van der Waals surface area contributed by atoms with Gasteiger partial charge in [-0.1, -0.05) is 22.9 Å². The van der Waals surface area contributed by atoms with Gasteiger partial charge in [0, 0.05) is 28.9 Å². The fraction of sp³-hybridized carbons (Fsp3) is 0.600. The van der Waals surface area contributed by atoms with Crippen molar-refractivity contribution in [3.8, 4) is 0 Å². The van der Waals surface area contributed by atoms with E-state index in [-0.39, 0.29) is 30.6 Å². The highest BCUT2D eigenvalue weighted by Gasteiger charge is 2.38. The molecule has 1 atom stereocenters. The number of benzene rings is 1. The minimum absolute atomic E-state index is 0.0541. The fourth-order valence-corrected chi connectivity index (χ4v) is 3.28. The standard InChI is InChI=1S/C15H19BrF3N/c1-2-20-14(10-5-7-15(18,19)8-6-10)12-9-11(16)3-4-13(12)17/h3-4,9-10,14,20H,2,5-8H2,1H3. The lowest BCUT2D eigenvalue weighted by Crippen LogP contribution is -2.34. The van der Waals surface area contributed by atoms with Crippen LogP contribution in [0.5, 0.6) is 0 Å². The summed E-state index contributed by atoms with van der Waals surface area (Å²) in [7, 11) is 0. The van der Waals surface area contributed by atoms with E-state index in [1.807, 2.05) is 6.92 Å². The first-order chi connectivity index (χ1) is 9.43. The quantitative estimate of drug-likeness (QED) is 0.800. The molecule has 112 valence electrons. The Balaban J connectivity index is 2.21. The molecule has 1 unspecified atom stereocenters. The molecule has 20 heavy (non-hydrogen) atoms. The molecule has 1 nitrogen and oxygen atoms in total. The highest BCUT2D eigenvalue weighted by atomic mass is 79.9. The Morgan fingerprint density at radius 2 is 2.00 bits per heavy atom. The number of hydrogen-bond donors (Lipinski definition) is 1. The van der Waals surface area contributed by atoms with Gasteiger partial charge in [-0.25, -0.2) is 13.2 Å².